The third-order valence-electron chi connectivity index (χ3n) is 2.47. The maximum atomic E-state index is 5.60. The normalized spacial score (nSPS) is 15.2. The van der Waals surface area contributed by atoms with E-state index in [-0.39, 0.29) is 6.04 Å². The summed E-state index contributed by atoms with van der Waals surface area (Å²) >= 11 is 4.08. The predicted molar refractivity (Wildman–Crippen MR) is 72.8 cm³/mol. The quantitative estimate of drug-likeness (QED) is 0.475. The fourth-order valence-electron chi connectivity index (χ4n) is 1.55. The van der Waals surface area contributed by atoms with Crippen LogP contribution in [0.25, 0.3) is 0 Å². The van der Waals surface area contributed by atoms with Crippen LogP contribution < -0.4 is 11.3 Å². The van der Waals surface area contributed by atoms with E-state index in [0.29, 0.717) is 5.92 Å². The molecule has 0 fully saturated rings. The van der Waals surface area contributed by atoms with Crippen molar-refractivity contribution in [1.82, 2.24) is 5.43 Å². The number of hydrogen-bond acceptors (Lipinski definition) is 4. The molecule has 0 aromatic carbocycles. The van der Waals surface area contributed by atoms with E-state index in [1.165, 1.54) is 8.45 Å². The van der Waals surface area contributed by atoms with Gasteiger partial charge in [0.25, 0.3) is 0 Å². The Morgan fingerprint density at radius 3 is 2.87 bits per heavy atom. The Labute approximate surface area is 108 Å². The fourth-order valence-corrected chi connectivity index (χ4v) is 2.95. The van der Waals surface area contributed by atoms with Gasteiger partial charge in [0.2, 0.25) is 0 Å². The first-order valence-electron chi connectivity index (χ1n) is 4.88. The second-order valence-corrected chi connectivity index (χ2v) is 6.39. The molecule has 0 aliphatic rings. The lowest BCUT2D eigenvalue weighted by Gasteiger charge is -2.22. The molecule has 2 atom stereocenters. The molecular weight excluding hydrogens is 323 g/mol. The summed E-state index contributed by atoms with van der Waals surface area (Å²) in [6, 6.07) is 2.40. The first-order chi connectivity index (χ1) is 7.19. The summed E-state index contributed by atoms with van der Waals surface area (Å²) in [4.78, 5) is 0. The Hall–Kier alpha value is 0.310. The van der Waals surface area contributed by atoms with Crippen molar-refractivity contribution >= 4 is 33.9 Å². The van der Waals surface area contributed by atoms with Crippen LogP contribution in [0.3, 0.4) is 0 Å². The van der Waals surface area contributed by atoms with E-state index in [1.807, 2.05) is 0 Å². The third kappa shape index (κ3) is 3.99. The van der Waals surface area contributed by atoms with Crippen molar-refractivity contribution in [2.45, 2.75) is 19.4 Å². The van der Waals surface area contributed by atoms with Crippen molar-refractivity contribution in [2.75, 3.05) is 13.7 Å². The SMILES string of the molecule is COCCC(C)C(NN)c1csc(I)c1. The summed E-state index contributed by atoms with van der Waals surface area (Å²) in [6.07, 6.45) is 1.01. The van der Waals surface area contributed by atoms with Gasteiger partial charge < -0.3 is 4.74 Å². The minimum absolute atomic E-state index is 0.222. The molecule has 5 heteroatoms. The topological polar surface area (TPSA) is 47.3 Å². The lowest BCUT2D eigenvalue weighted by atomic mass is 9.94. The molecule has 0 saturated heterocycles. The van der Waals surface area contributed by atoms with E-state index in [1.54, 1.807) is 18.4 Å². The number of methoxy groups -OCH3 is 1. The Balaban J connectivity index is 2.62. The summed E-state index contributed by atoms with van der Waals surface area (Å²) in [5, 5.41) is 2.16. The molecule has 15 heavy (non-hydrogen) atoms. The van der Waals surface area contributed by atoms with E-state index in [9.17, 15) is 0 Å². The van der Waals surface area contributed by atoms with Crippen LogP contribution in [0.15, 0.2) is 11.4 Å². The minimum Gasteiger partial charge on any atom is -0.385 e. The maximum Gasteiger partial charge on any atom is 0.0656 e. The van der Waals surface area contributed by atoms with Crippen molar-refractivity contribution in [3.8, 4) is 0 Å². The van der Waals surface area contributed by atoms with Crippen LogP contribution in [0.2, 0.25) is 0 Å². The highest BCUT2D eigenvalue weighted by Gasteiger charge is 2.18. The van der Waals surface area contributed by atoms with E-state index < -0.39 is 0 Å². The van der Waals surface area contributed by atoms with Gasteiger partial charge in [-0.1, -0.05) is 6.92 Å². The molecule has 0 aliphatic heterocycles. The van der Waals surface area contributed by atoms with Gasteiger partial charge in [0.15, 0.2) is 0 Å². The third-order valence-corrected chi connectivity index (χ3v) is 4.28. The van der Waals surface area contributed by atoms with Gasteiger partial charge in [0, 0.05) is 19.8 Å². The molecule has 1 aromatic heterocycles. The van der Waals surface area contributed by atoms with E-state index in [2.05, 4.69) is 46.4 Å². The molecule has 1 heterocycles. The monoisotopic (exact) mass is 340 g/mol. The molecule has 0 saturated carbocycles. The summed E-state index contributed by atoms with van der Waals surface area (Å²) in [7, 11) is 1.73. The van der Waals surface area contributed by atoms with Gasteiger partial charge in [0.05, 0.1) is 2.88 Å². The van der Waals surface area contributed by atoms with Crippen LogP contribution in [0.5, 0.6) is 0 Å². The van der Waals surface area contributed by atoms with Crippen LogP contribution in [0.1, 0.15) is 24.9 Å². The second-order valence-electron chi connectivity index (χ2n) is 3.59. The van der Waals surface area contributed by atoms with Crippen molar-refractivity contribution in [3.63, 3.8) is 0 Å². The molecule has 2 unspecified atom stereocenters. The molecule has 0 aliphatic carbocycles. The van der Waals surface area contributed by atoms with Crippen LogP contribution in [0.4, 0.5) is 0 Å². The Bertz CT molecular complexity index is 293. The van der Waals surface area contributed by atoms with Gasteiger partial charge >= 0.3 is 0 Å². The number of nitrogens with two attached hydrogens (primary N) is 1. The van der Waals surface area contributed by atoms with Gasteiger partial charge in [-0.3, -0.25) is 11.3 Å². The second kappa shape index (κ2) is 6.80. The lowest BCUT2D eigenvalue weighted by Crippen LogP contribution is -2.32. The Morgan fingerprint density at radius 1 is 1.67 bits per heavy atom. The summed E-state index contributed by atoms with van der Waals surface area (Å²) in [6.45, 7) is 2.97. The van der Waals surface area contributed by atoms with Crippen LogP contribution in [-0.2, 0) is 4.74 Å². The Morgan fingerprint density at radius 2 is 2.40 bits per heavy atom. The molecule has 1 rings (SSSR count). The highest BCUT2D eigenvalue weighted by Crippen LogP contribution is 2.28. The zero-order valence-corrected chi connectivity index (χ0v) is 12.0. The zero-order valence-electron chi connectivity index (χ0n) is 9.00. The highest BCUT2D eigenvalue weighted by molar-refractivity contribution is 14.1. The number of nitrogens with one attached hydrogen (secondary N) is 1. The van der Waals surface area contributed by atoms with Crippen molar-refractivity contribution < 1.29 is 4.74 Å². The van der Waals surface area contributed by atoms with E-state index in [4.69, 9.17) is 10.6 Å². The van der Waals surface area contributed by atoms with Crippen LogP contribution >= 0.6 is 33.9 Å². The average Bonchev–Trinajstić information content (AvgIpc) is 2.63. The number of rotatable bonds is 6. The highest BCUT2D eigenvalue weighted by atomic mass is 127. The molecule has 86 valence electrons. The van der Waals surface area contributed by atoms with Crippen LogP contribution in [-0.4, -0.2) is 13.7 Å². The zero-order chi connectivity index (χ0) is 11.3. The number of thiophene rings is 1. The first-order valence-corrected chi connectivity index (χ1v) is 6.84. The van der Waals surface area contributed by atoms with Crippen molar-refractivity contribution in [2.24, 2.45) is 11.8 Å². The van der Waals surface area contributed by atoms with Crippen molar-refractivity contribution in [3.05, 3.63) is 19.9 Å². The maximum absolute atomic E-state index is 5.60. The number of halogens is 1. The molecule has 3 N–H and O–H groups in total. The first kappa shape index (κ1) is 13.4. The van der Waals surface area contributed by atoms with Gasteiger partial charge in [-0.05, 0) is 51.9 Å². The molecule has 0 spiro atoms. The number of hydrogen-bond donors (Lipinski definition) is 2. The van der Waals surface area contributed by atoms with E-state index >= 15 is 0 Å². The smallest absolute Gasteiger partial charge is 0.0656 e. The average molecular weight is 340 g/mol. The van der Waals surface area contributed by atoms with Gasteiger partial charge in [-0.2, -0.15) is 0 Å². The minimum atomic E-state index is 0.222. The molecule has 1 aromatic rings. The summed E-state index contributed by atoms with van der Waals surface area (Å²) in [5.74, 6) is 6.07. The fraction of sp³-hybridized carbons (Fsp3) is 0.600. The predicted octanol–water partition coefficient (Wildman–Crippen LogP) is 2.53. The molecule has 0 amide bonds. The number of hydrazine groups is 1. The summed E-state index contributed by atoms with van der Waals surface area (Å²) in [5.41, 5.74) is 4.16. The molecule has 0 radical (unpaired) electrons. The Kier molecular flexibility index (Phi) is 6.06. The van der Waals surface area contributed by atoms with Crippen LogP contribution in [0, 0.1) is 8.80 Å². The molecule has 3 nitrogen and oxygen atoms in total. The van der Waals surface area contributed by atoms with Gasteiger partial charge in [-0.25, -0.2) is 0 Å². The lowest BCUT2D eigenvalue weighted by molar-refractivity contribution is 0.170. The molecular formula is C10H17IN2OS. The number of ether oxygens (including phenoxy) is 1. The standard InChI is InChI=1S/C10H17IN2OS/c1-7(3-4-14-2)10(13-12)8-5-9(11)15-6-8/h5-7,10,13H,3-4,12H2,1-2H3. The van der Waals surface area contributed by atoms with E-state index in [0.717, 1.165) is 13.0 Å². The van der Waals surface area contributed by atoms with Crippen molar-refractivity contribution in [1.29, 1.82) is 0 Å². The summed E-state index contributed by atoms with van der Waals surface area (Å²) < 4.78 is 6.37. The molecule has 0 bridgehead atoms. The van der Waals surface area contributed by atoms with Gasteiger partial charge in [-0.15, -0.1) is 11.3 Å². The van der Waals surface area contributed by atoms with Gasteiger partial charge in [0.1, 0.15) is 0 Å². The largest absolute Gasteiger partial charge is 0.385 e.